The number of benzene rings is 2. The second kappa shape index (κ2) is 6.37. The van der Waals surface area contributed by atoms with Gasteiger partial charge in [0.25, 0.3) is 0 Å². The minimum absolute atomic E-state index is 0.282. The van der Waals surface area contributed by atoms with E-state index >= 15 is 0 Å². The van der Waals surface area contributed by atoms with E-state index < -0.39 is 15.8 Å². The van der Waals surface area contributed by atoms with Crippen molar-refractivity contribution in [2.45, 2.75) is 31.2 Å². The van der Waals surface area contributed by atoms with E-state index in [0.717, 1.165) is 22.5 Å². The van der Waals surface area contributed by atoms with Gasteiger partial charge in [-0.3, -0.25) is 0 Å². The van der Waals surface area contributed by atoms with Gasteiger partial charge in [-0.2, -0.15) is 0 Å². The lowest BCUT2D eigenvalue weighted by Gasteiger charge is -2.15. The Kier molecular flexibility index (Phi) is 4.43. The van der Waals surface area contributed by atoms with E-state index in [1.165, 1.54) is 6.07 Å². The first-order valence-corrected chi connectivity index (χ1v) is 9.19. The van der Waals surface area contributed by atoms with Crippen molar-refractivity contribution in [3.8, 4) is 0 Å². The van der Waals surface area contributed by atoms with Crippen molar-refractivity contribution in [1.29, 1.82) is 0 Å². The number of aryl methyl sites for hydroxylation is 1. The molecule has 1 atom stereocenters. The molecular weight excluding hydrogens is 327 g/mol. The van der Waals surface area contributed by atoms with Crippen molar-refractivity contribution in [2.24, 2.45) is 0 Å². The average molecular weight is 346 g/mol. The number of fused-ring (bicyclic) bond motifs is 1. The van der Waals surface area contributed by atoms with Crippen molar-refractivity contribution < 1.29 is 12.8 Å². The van der Waals surface area contributed by atoms with Gasteiger partial charge >= 0.3 is 0 Å². The molecule has 0 aliphatic carbocycles. The van der Waals surface area contributed by atoms with Crippen LogP contribution in [0, 0.1) is 12.7 Å². The number of nitrogens with one attached hydrogen (secondary N) is 2. The smallest absolute Gasteiger partial charge is 0.243 e. The van der Waals surface area contributed by atoms with Crippen LogP contribution < -0.4 is 4.72 Å². The molecule has 0 saturated heterocycles. The minimum Gasteiger partial charge on any atom is -0.361 e. The summed E-state index contributed by atoms with van der Waals surface area (Å²) in [7, 11) is -3.91. The minimum atomic E-state index is -3.91. The Labute approximate surface area is 140 Å². The number of hydrogen-bond acceptors (Lipinski definition) is 2. The van der Waals surface area contributed by atoms with Crippen LogP contribution in [0.1, 0.15) is 18.1 Å². The highest BCUT2D eigenvalue weighted by atomic mass is 32.2. The molecule has 0 radical (unpaired) electrons. The Bertz CT molecular complexity index is 959. The molecule has 1 unspecified atom stereocenters. The lowest BCUT2D eigenvalue weighted by atomic mass is 10.1. The molecule has 3 aromatic rings. The van der Waals surface area contributed by atoms with Crippen molar-refractivity contribution >= 4 is 20.9 Å². The fourth-order valence-corrected chi connectivity index (χ4v) is 4.50. The third-order valence-corrected chi connectivity index (χ3v) is 5.76. The van der Waals surface area contributed by atoms with E-state index in [4.69, 9.17) is 0 Å². The average Bonchev–Trinajstić information content (AvgIpc) is 2.89. The number of H-pyrrole nitrogens is 1. The molecule has 3 rings (SSSR count). The van der Waals surface area contributed by atoms with Gasteiger partial charge in [-0.15, -0.1) is 0 Å². The molecule has 0 aliphatic rings. The maximum atomic E-state index is 14.0. The molecule has 0 spiro atoms. The summed E-state index contributed by atoms with van der Waals surface area (Å²) in [5.74, 6) is -0.734. The molecule has 24 heavy (non-hydrogen) atoms. The summed E-state index contributed by atoms with van der Waals surface area (Å²) in [5, 5.41) is 1.06. The third-order valence-electron chi connectivity index (χ3n) is 3.99. The van der Waals surface area contributed by atoms with Crippen LogP contribution in [-0.4, -0.2) is 19.4 Å². The summed E-state index contributed by atoms with van der Waals surface area (Å²) in [6, 6.07) is 11.7. The van der Waals surface area contributed by atoms with Crippen LogP contribution in [0.15, 0.2) is 53.6 Å². The maximum Gasteiger partial charge on any atom is 0.243 e. The molecule has 0 bridgehead atoms. The molecule has 0 fully saturated rings. The zero-order valence-corrected chi connectivity index (χ0v) is 14.3. The van der Waals surface area contributed by atoms with E-state index in [2.05, 4.69) is 9.71 Å². The van der Waals surface area contributed by atoms with E-state index in [1.54, 1.807) is 19.9 Å². The number of aromatic amines is 1. The molecule has 4 nitrogen and oxygen atoms in total. The Morgan fingerprint density at radius 1 is 1.17 bits per heavy atom. The Morgan fingerprint density at radius 3 is 2.67 bits per heavy atom. The number of aromatic nitrogens is 1. The molecule has 0 amide bonds. The summed E-state index contributed by atoms with van der Waals surface area (Å²) < 4.78 is 41.6. The van der Waals surface area contributed by atoms with Gasteiger partial charge in [0, 0.05) is 23.1 Å². The van der Waals surface area contributed by atoms with Crippen LogP contribution in [0.3, 0.4) is 0 Å². The van der Waals surface area contributed by atoms with Crippen molar-refractivity contribution in [1.82, 2.24) is 9.71 Å². The van der Waals surface area contributed by atoms with Gasteiger partial charge in [0.15, 0.2) is 0 Å². The summed E-state index contributed by atoms with van der Waals surface area (Å²) in [6.45, 7) is 3.36. The molecule has 6 heteroatoms. The molecule has 0 aliphatic heterocycles. The lowest BCUT2D eigenvalue weighted by Crippen LogP contribution is -2.35. The van der Waals surface area contributed by atoms with E-state index in [-0.39, 0.29) is 10.9 Å². The topological polar surface area (TPSA) is 62.0 Å². The Balaban J connectivity index is 1.83. The predicted molar refractivity (Wildman–Crippen MR) is 92.9 cm³/mol. The molecule has 1 heterocycles. The van der Waals surface area contributed by atoms with Gasteiger partial charge in [0.1, 0.15) is 10.7 Å². The van der Waals surface area contributed by atoms with Crippen molar-refractivity contribution in [2.75, 3.05) is 0 Å². The van der Waals surface area contributed by atoms with Crippen LogP contribution in [0.25, 0.3) is 10.9 Å². The van der Waals surface area contributed by atoms with Gasteiger partial charge in [-0.25, -0.2) is 17.5 Å². The monoisotopic (exact) mass is 346 g/mol. The first-order valence-electron chi connectivity index (χ1n) is 7.71. The molecule has 126 valence electrons. The summed E-state index contributed by atoms with van der Waals surface area (Å²) in [4.78, 5) is 2.89. The number of sulfonamides is 1. The van der Waals surface area contributed by atoms with Crippen LogP contribution in [0.4, 0.5) is 4.39 Å². The van der Waals surface area contributed by atoms with Gasteiger partial charge in [-0.1, -0.05) is 30.3 Å². The highest BCUT2D eigenvalue weighted by Gasteiger charge is 2.23. The normalized spacial score (nSPS) is 13.3. The molecular formula is C18H19FN2O2S. The van der Waals surface area contributed by atoms with Gasteiger partial charge in [0.05, 0.1) is 0 Å². The van der Waals surface area contributed by atoms with Crippen LogP contribution in [0.2, 0.25) is 0 Å². The summed E-state index contributed by atoms with van der Waals surface area (Å²) in [6.07, 6.45) is 2.39. The maximum absolute atomic E-state index is 14.0. The largest absolute Gasteiger partial charge is 0.361 e. The second-order valence-electron chi connectivity index (χ2n) is 5.97. The standard InChI is InChI=1S/C18H19FN2O2S/c1-12-6-5-8-16(19)18(12)24(22,23)21-13(2)10-14-11-20-17-9-4-3-7-15(14)17/h3-9,11,13,20-21H,10H2,1-2H3. The van der Waals surface area contributed by atoms with Gasteiger partial charge in [0.2, 0.25) is 10.0 Å². The fourth-order valence-electron chi connectivity index (χ4n) is 2.95. The number of halogens is 1. The van der Waals surface area contributed by atoms with Crippen molar-refractivity contribution in [3.05, 3.63) is 65.6 Å². The van der Waals surface area contributed by atoms with E-state index in [9.17, 15) is 12.8 Å². The second-order valence-corrected chi connectivity index (χ2v) is 7.62. The summed E-state index contributed by atoms with van der Waals surface area (Å²) in [5.41, 5.74) is 2.42. The highest BCUT2D eigenvalue weighted by Crippen LogP contribution is 2.21. The third kappa shape index (κ3) is 3.20. The molecule has 2 aromatic carbocycles. The summed E-state index contributed by atoms with van der Waals surface area (Å²) >= 11 is 0. The lowest BCUT2D eigenvalue weighted by molar-refractivity contribution is 0.541. The molecule has 2 N–H and O–H groups in total. The predicted octanol–water partition coefficient (Wildman–Crippen LogP) is 3.52. The van der Waals surface area contributed by atoms with Crippen LogP contribution in [0.5, 0.6) is 0 Å². The quantitative estimate of drug-likeness (QED) is 0.742. The zero-order chi connectivity index (χ0) is 17.3. The molecule has 1 aromatic heterocycles. The first-order chi connectivity index (χ1) is 11.4. The van der Waals surface area contributed by atoms with Gasteiger partial charge < -0.3 is 4.98 Å². The molecule has 0 saturated carbocycles. The Morgan fingerprint density at radius 2 is 1.92 bits per heavy atom. The Hall–Kier alpha value is -2.18. The van der Waals surface area contributed by atoms with E-state index in [1.807, 2.05) is 30.5 Å². The van der Waals surface area contributed by atoms with Gasteiger partial charge in [-0.05, 0) is 43.5 Å². The first kappa shape index (κ1) is 16.7. The SMILES string of the molecule is Cc1cccc(F)c1S(=O)(=O)NC(C)Cc1c[nH]c2ccccc12. The number of para-hydroxylation sites is 1. The van der Waals surface area contributed by atoms with Crippen LogP contribution >= 0.6 is 0 Å². The number of hydrogen-bond donors (Lipinski definition) is 2. The zero-order valence-electron chi connectivity index (χ0n) is 13.5. The highest BCUT2D eigenvalue weighted by molar-refractivity contribution is 7.89. The van der Waals surface area contributed by atoms with Crippen molar-refractivity contribution in [3.63, 3.8) is 0 Å². The van der Waals surface area contributed by atoms with E-state index in [0.29, 0.717) is 12.0 Å². The van der Waals surface area contributed by atoms with Crippen LogP contribution in [-0.2, 0) is 16.4 Å². The number of rotatable bonds is 5. The fraction of sp³-hybridized carbons (Fsp3) is 0.222.